The number of fused-ring (bicyclic) bond motifs is 3. The molecule has 2 bridgehead atoms. The number of hydrogen-bond acceptors (Lipinski definition) is 2. The van der Waals surface area contributed by atoms with Crippen LogP contribution in [-0.2, 0) is 0 Å². The van der Waals surface area contributed by atoms with Crippen LogP contribution >= 0.6 is 0 Å². The van der Waals surface area contributed by atoms with Gasteiger partial charge in [-0.25, -0.2) is 4.79 Å². The molecular weight excluding hydrogens is 128 g/mol. The van der Waals surface area contributed by atoms with Gasteiger partial charge in [-0.3, -0.25) is 0 Å². The molecule has 10 heavy (non-hydrogen) atoms. The van der Waals surface area contributed by atoms with Crippen LogP contribution in [0.1, 0.15) is 5.56 Å². The molecule has 0 fully saturated rings. The lowest BCUT2D eigenvalue weighted by molar-refractivity contribution is 0.561. The number of rotatable bonds is 0. The zero-order valence-corrected chi connectivity index (χ0v) is 5.55. The molecule has 2 heteroatoms. The lowest BCUT2D eigenvalue weighted by atomic mass is 10.1. The van der Waals surface area contributed by atoms with Gasteiger partial charge in [-0.2, -0.15) is 0 Å². The topological polar surface area (TPSA) is 30.2 Å². The van der Waals surface area contributed by atoms with Crippen LogP contribution in [-0.4, -0.2) is 0 Å². The summed E-state index contributed by atoms with van der Waals surface area (Å²) in [5.74, 6) is 0. The number of hydrogen-bond donors (Lipinski definition) is 0. The molecule has 0 aliphatic heterocycles. The van der Waals surface area contributed by atoms with Crippen molar-refractivity contribution in [2.24, 2.45) is 0 Å². The van der Waals surface area contributed by atoms with Crippen LogP contribution < -0.4 is 5.63 Å². The van der Waals surface area contributed by atoms with E-state index in [0.29, 0.717) is 11.0 Å². The highest BCUT2D eigenvalue weighted by atomic mass is 16.4. The highest BCUT2D eigenvalue weighted by Gasteiger charge is 2.01. The Morgan fingerprint density at radius 2 is 2.20 bits per heavy atom. The summed E-state index contributed by atoms with van der Waals surface area (Å²) in [4.78, 5) is 10.9. The van der Waals surface area contributed by atoms with E-state index in [-0.39, 0.29) is 5.63 Å². The molecule has 2 heterocycles. The van der Waals surface area contributed by atoms with Crippen molar-refractivity contribution in [1.82, 2.24) is 0 Å². The van der Waals surface area contributed by atoms with Crippen LogP contribution in [0.3, 0.4) is 0 Å². The van der Waals surface area contributed by atoms with Crippen molar-refractivity contribution in [2.75, 3.05) is 0 Å². The van der Waals surface area contributed by atoms with Gasteiger partial charge in [-0.1, -0.05) is 0 Å². The first-order valence-electron chi connectivity index (χ1n) is 3.10. The standard InChI is InChI=1S/C8H6O2/c1-5-4-6-2-3-7(5)8(9)10-6/h2-4H,1H3. The third-order valence-electron chi connectivity index (χ3n) is 1.63. The average molecular weight is 134 g/mol. The fourth-order valence-corrected chi connectivity index (χ4v) is 1.09. The SMILES string of the molecule is Cc1cc2ccc1c(=O)o2. The van der Waals surface area contributed by atoms with Crippen LogP contribution in [0, 0.1) is 6.92 Å². The van der Waals surface area contributed by atoms with Crippen molar-refractivity contribution in [3.63, 3.8) is 0 Å². The second kappa shape index (κ2) is 1.59. The summed E-state index contributed by atoms with van der Waals surface area (Å²) in [6.07, 6.45) is 0. The summed E-state index contributed by atoms with van der Waals surface area (Å²) in [6.45, 7) is 1.90. The van der Waals surface area contributed by atoms with Gasteiger partial charge in [-0.05, 0) is 30.7 Å². The van der Waals surface area contributed by atoms with Crippen LogP contribution in [0.15, 0.2) is 27.4 Å². The Morgan fingerprint density at radius 3 is 2.60 bits per heavy atom. The molecule has 0 atom stereocenters. The predicted molar refractivity (Wildman–Crippen MR) is 38.4 cm³/mol. The highest BCUT2D eigenvalue weighted by Crippen LogP contribution is 2.11. The molecule has 0 saturated carbocycles. The normalized spacial score (nSPS) is 10.9. The first-order chi connectivity index (χ1) is 4.77. The molecule has 0 radical (unpaired) electrons. The molecule has 0 saturated heterocycles. The zero-order chi connectivity index (χ0) is 7.14. The summed E-state index contributed by atoms with van der Waals surface area (Å²) < 4.78 is 4.83. The molecule has 2 aromatic heterocycles. The molecule has 0 amide bonds. The average Bonchev–Trinajstić information content (AvgIpc) is 1.86. The monoisotopic (exact) mass is 134 g/mol. The van der Waals surface area contributed by atoms with E-state index in [1.807, 2.05) is 13.0 Å². The zero-order valence-electron chi connectivity index (χ0n) is 5.55. The van der Waals surface area contributed by atoms with E-state index in [9.17, 15) is 4.79 Å². The van der Waals surface area contributed by atoms with Crippen molar-refractivity contribution in [3.8, 4) is 0 Å². The fourth-order valence-electron chi connectivity index (χ4n) is 1.09. The second-order valence-corrected chi connectivity index (χ2v) is 2.37. The molecule has 0 aliphatic carbocycles. The van der Waals surface area contributed by atoms with Crippen molar-refractivity contribution >= 4 is 11.0 Å². The van der Waals surface area contributed by atoms with Crippen LogP contribution in [0.25, 0.3) is 11.0 Å². The van der Waals surface area contributed by atoms with E-state index in [2.05, 4.69) is 0 Å². The Balaban J connectivity index is 3.11. The molecule has 0 aliphatic rings. The lowest BCUT2D eigenvalue weighted by Crippen LogP contribution is -2.01. The fraction of sp³-hybridized carbons (Fsp3) is 0.125. The van der Waals surface area contributed by atoms with Crippen LogP contribution in [0.4, 0.5) is 0 Å². The lowest BCUT2D eigenvalue weighted by Gasteiger charge is -1.98. The smallest absolute Gasteiger partial charge is 0.343 e. The Bertz CT molecular complexity index is 400. The van der Waals surface area contributed by atoms with Crippen molar-refractivity contribution in [1.29, 1.82) is 0 Å². The van der Waals surface area contributed by atoms with Crippen molar-refractivity contribution in [2.45, 2.75) is 6.92 Å². The van der Waals surface area contributed by atoms with Gasteiger partial charge in [0.2, 0.25) is 0 Å². The minimum Gasteiger partial charge on any atom is -0.423 e. The molecule has 50 valence electrons. The molecule has 0 spiro atoms. The molecule has 2 nitrogen and oxygen atoms in total. The van der Waals surface area contributed by atoms with E-state index in [1.165, 1.54) is 0 Å². The maximum Gasteiger partial charge on any atom is 0.343 e. The maximum absolute atomic E-state index is 10.9. The van der Waals surface area contributed by atoms with Gasteiger partial charge in [-0.15, -0.1) is 0 Å². The maximum atomic E-state index is 10.9. The first kappa shape index (κ1) is 5.47. The van der Waals surface area contributed by atoms with E-state index in [0.717, 1.165) is 5.56 Å². The van der Waals surface area contributed by atoms with E-state index in [1.54, 1.807) is 12.1 Å². The summed E-state index contributed by atoms with van der Waals surface area (Å²) in [5.41, 5.74) is 1.42. The van der Waals surface area contributed by atoms with E-state index in [4.69, 9.17) is 4.42 Å². The summed E-state index contributed by atoms with van der Waals surface area (Å²) in [5, 5.41) is 0.676. The number of benzene rings is 1. The molecule has 1 aromatic carbocycles. The molecule has 0 N–H and O–H groups in total. The third-order valence-corrected chi connectivity index (χ3v) is 1.63. The Kier molecular flexibility index (Phi) is 0.873. The minimum absolute atomic E-state index is 0.225. The summed E-state index contributed by atoms with van der Waals surface area (Å²) in [6, 6.07) is 5.44. The van der Waals surface area contributed by atoms with Gasteiger partial charge in [0, 0.05) is 0 Å². The van der Waals surface area contributed by atoms with Gasteiger partial charge in [0.05, 0.1) is 5.39 Å². The van der Waals surface area contributed by atoms with E-state index >= 15 is 0 Å². The molecule has 3 aromatic rings. The largest absolute Gasteiger partial charge is 0.423 e. The first-order valence-corrected chi connectivity index (χ1v) is 3.10. The van der Waals surface area contributed by atoms with Crippen molar-refractivity contribution in [3.05, 3.63) is 34.2 Å². The van der Waals surface area contributed by atoms with Crippen LogP contribution in [0.5, 0.6) is 0 Å². The predicted octanol–water partition coefficient (Wildman–Crippen LogP) is 1.54. The minimum atomic E-state index is -0.225. The van der Waals surface area contributed by atoms with Gasteiger partial charge < -0.3 is 4.42 Å². The quantitative estimate of drug-likeness (QED) is 0.547. The molecular formula is C8H6O2. The second-order valence-electron chi connectivity index (χ2n) is 2.37. The van der Waals surface area contributed by atoms with E-state index < -0.39 is 0 Å². The number of aryl methyl sites for hydroxylation is 1. The third kappa shape index (κ3) is 0.559. The Labute approximate surface area is 57.4 Å². The van der Waals surface area contributed by atoms with Crippen molar-refractivity contribution < 1.29 is 4.42 Å². The Hall–Kier alpha value is -1.31. The summed E-state index contributed by atoms with van der Waals surface area (Å²) >= 11 is 0. The highest BCUT2D eigenvalue weighted by molar-refractivity contribution is 5.65. The van der Waals surface area contributed by atoms with Gasteiger partial charge >= 0.3 is 5.63 Å². The van der Waals surface area contributed by atoms with Crippen LogP contribution in [0.2, 0.25) is 0 Å². The van der Waals surface area contributed by atoms with Gasteiger partial charge in [0.15, 0.2) is 0 Å². The Morgan fingerprint density at radius 1 is 1.40 bits per heavy atom. The van der Waals surface area contributed by atoms with Gasteiger partial charge in [0.25, 0.3) is 0 Å². The van der Waals surface area contributed by atoms with Gasteiger partial charge in [0.1, 0.15) is 5.58 Å². The molecule has 0 unspecified atom stereocenters. The molecule has 3 rings (SSSR count). The summed E-state index contributed by atoms with van der Waals surface area (Å²) in [7, 11) is 0.